The summed E-state index contributed by atoms with van der Waals surface area (Å²) in [7, 11) is 0. The lowest BCUT2D eigenvalue weighted by molar-refractivity contribution is -0.105. The lowest BCUT2D eigenvalue weighted by atomic mass is 10.1. The first-order chi connectivity index (χ1) is 7.86. The van der Waals surface area contributed by atoms with E-state index in [0.29, 0.717) is 6.41 Å². The monoisotopic (exact) mass is 219 g/mol. The fourth-order valence-electron chi connectivity index (χ4n) is 1.77. The summed E-state index contributed by atoms with van der Waals surface area (Å²) in [6.45, 7) is 2.23. The quantitative estimate of drug-likeness (QED) is 0.523. The van der Waals surface area contributed by atoms with Crippen LogP contribution in [-0.2, 0) is 11.2 Å². The molecule has 0 radical (unpaired) electrons. The molecule has 1 aromatic rings. The molecule has 16 heavy (non-hydrogen) atoms. The van der Waals surface area contributed by atoms with E-state index in [0.717, 1.165) is 12.1 Å². The number of rotatable bonds is 8. The number of anilines is 1. The van der Waals surface area contributed by atoms with Crippen LogP contribution in [0.4, 0.5) is 5.69 Å². The Morgan fingerprint density at radius 3 is 2.38 bits per heavy atom. The van der Waals surface area contributed by atoms with Gasteiger partial charge in [0.15, 0.2) is 0 Å². The summed E-state index contributed by atoms with van der Waals surface area (Å²) in [5.41, 5.74) is 2.22. The van der Waals surface area contributed by atoms with Crippen LogP contribution in [0.3, 0.4) is 0 Å². The van der Waals surface area contributed by atoms with Gasteiger partial charge in [-0.05, 0) is 30.5 Å². The van der Waals surface area contributed by atoms with Gasteiger partial charge in [-0.2, -0.15) is 0 Å². The van der Waals surface area contributed by atoms with Gasteiger partial charge in [-0.15, -0.1) is 0 Å². The van der Waals surface area contributed by atoms with Gasteiger partial charge in [0.2, 0.25) is 6.41 Å². The highest BCUT2D eigenvalue weighted by Crippen LogP contribution is 2.12. The van der Waals surface area contributed by atoms with E-state index in [2.05, 4.69) is 24.4 Å². The molecule has 0 spiro atoms. The predicted molar refractivity (Wildman–Crippen MR) is 68.6 cm³/mol. The average molecular weight is 219 g/mol. The Morgan fingerprint density at radius 1 is 1.06 bits per heavy atom. The molecule has 1 amide bonds. The van der Waals surface area contributed by atoms with Crippen molar-refractivity contribution in [1.82, 2.24) is 0 Å². The minimum atomic E-state index is 0.708. The summed E-state index contributed by atoms with van der Waals surface area (Å²) in [4.78, 5) is 10.2. The SMILES string of the molecule is CCCCCCCc1ccc(NC=O)cc1. The number of carbonyl (C=O) groups excluding carboxylic acids is 1. The van der Waals surface area contributed by atoms with E-state index in [4.69, 9.17) is 0 Å². The predicted octanol–water partition coefficient (Wildman–Crippen LogP) is 3.77. The molecule has 0 unspecified atom stereocenters. The third-order valence-corrected chi connectivity index (χ3v) is 2.75. The van der Waals surface area contributed by atoms with Crippen LogP contribution in [0.1, 0.15) is 44.6 Å². The normalized spacial score (nSPS) is 10.1. The zero-order chi connectivity index (χ0) is 11.6. The molecule has 0 fully saturated rings. The summed E-state index contributed by atoms with van der Waals surface area (Å²) in [6, 6.07) is 8.09. The van der Waals surface area contributed by atoms with Crippen molar-refractivity contribution in [3.05, 3.63) is 29.8 Å². The van der Waals surface area contributed by atoms with Crippen molar-refractivity contribution >= 4 is 12.1 Å². The fraction of sp³-hybridized carbons (Fsp3) is 0.500. The van der Waals surface area contributed by atoms with Crippen molar-refractivity contribution in [3.63, 3.8) is 0 Å². The first kappa shape index (κ1) is 12.8. The van der Waals surface area contributed by atoms with Gasteiger partial charge in [0.1, 0.15) is 0 Å². The van der Waals surface area contributed by atoms with Crippen molar-refractivity contribution in [2.75, 3.05) is 5.32 Å². The lowest BCUT2D eigenvalue weighted by Gasteiger charge is -2.03. The molecular weight excluding hydrogens is 198 g/mol. The van der Waals surface area contributed by atoms with E-state index < -0.39 is 0 Å². The van der Waals surface area contributed by atoms with Gasteiger partial charge in [0.05, 0.1) is 0 Å². The molecule has 0 saturated carbocycles. The van der Waals surface area contributed by atoms with Crippen molar-refractivity contribution in [2.45, 2.75) is 45.4 Å². The number of hydrogen-bond donors (Lipinski definition) is 1. The third-order valence-electron chi connectivity index (χ3n) is 2.75. The lowest BCUT2D eigenvalue weighted by Crippen LogP contribution is -1.93. The Bertz CT molecular complexity index is 292. The van der Waals surface area contributed by atoms with Gasteiger partial charge in [-0.25, -0.2) is 0 Å². The Kier molecular flexibility index (Phi) is 6.31. The summed E-state index contributed by atoms with van der Waals surface area (Å²) in [5, 5.41) is 2.64. The molecule has 0 heterocycles. The smallest absolute Gasteiger partial charge is 0.211 e. The highest BCUT2D eigenvalue weighted by Gasteiger charge is 1.94. The van der Waals surface area contributed by atoms with Crippen LogP contribution in [0.2, 0.25) is 0 Å². The van der Waals surface area contributed by atoms with Gasteiger partial charge in [0.25, 0.3) is 0 Å². The molecule has 1 N–H and O–H groups in total. The maximum Gasteiger partial charge on any atom is 0.211 e. The van der Waals surface area contributed by atoms with E-state index in [9.17, 15) is 4.79 Å². The number of amides is 1. The molecule has 1 aromatic carbocycles. The third kappa shape index (κ3) is 4.96. The topological polar surface area (TPSA) is 29.1 Å². The molecule has 0 bridgehead atoms. The van der Waals surface area contributed by atoms with E-state index in [1.54, 1.807) is 0 Å². The van der Waals surface area contributed by atoms with Crippen LogP contribution in [0.15, 0.2) is 24.3 Å². The molecule has 0 aliphatic heterocycles. The zero-order valence-electron chi connectivity index (χ0n) is 10.0. The zero-order valence-corrected chi connectivity index (χ0v) is 10.0. The minimum Gasteiger partial charge on any atom is -0.329 e. The van der Waals surface area contributed by atoms with Gasteiger partial charge in [0, 0.05) is 5.69 Å². The van der Waals surface area contributed by atoms with Crippen LogP contribution < -0.4 is 5.32 Å². The molecule has 0 saturated heterocycles. The molecule has 88 valence electrons. The Balaban J connectivity index is 2.23. The number of hydrogen-bond acceptors (Lipinski definition) is 1. The molecule has 0 aromatic heterocycles. The van der Waals surface area contributed by atoms with E-state index in [1.165, 1.54) is 37.7 Å². The molecule has 0 atom stereocenters. The van der Waals surface area contributed by atoms with Crippen LogP contribution in [0, 0.1) is 0 Å². The standard InChI is InChI=1S/C14H21NO/c1-2-3-4-5-6-7-13-8-10-14(11-9-13)15-12-16/h8-12H,2-7H2,1H3,(H,15,16). The Labute approximate surface area is 98.1 Å². The number of nitrogens with one attached hydrogen (secondary N) is 1. The van der Waals surface area contributed by atoms with E-state index in [1.807, 2.05) is 12.1 Å². The second-order valence-electron chi connectivity index (χ2n) is 4.12. The van der Waals surface area contributed by atoms with Gasteiger partial charge in [-0.1, -0.05) is 44.7 Å². The van der Waals surface area contributed by atoms with Crippen LogP contribution >= 0.6 is 0 Å². The van der Waals surface area contributed by atoms with Gasteiger partial charge < -0.3 is 5.32 Å². The first-order valence-corrected chi connectivity index (χ1v) is 6.16. The highest BCUT2D eigenvalue weighted by atomic mass is 16.1. The van der Waals surface area contributed by atoms with Crippen molar-refractivity contribution < 1.29 is 4.79 Å². The van der Waals surface area contributed by atoms with E-state index >= 15 is 0 Å². The Hall–Kier alpha value is -1.31. The van der Waals surface area contributed by atoms with E-state index in [-0.39, 0.29) is 0 Å². The summed E-state index contributed by atoms with van der Waals surface area (Å²) in [5.74, 6) is 0. The van der Waals surface area contributed by atoms with Gasteiger partial charge >= 0.3 is 0 Å². The van der Waals surface area contributed by atoms with Gasteiger partial charge in [-0.3, -0.25) is 4.79 Å². The second kappa shape index (κ2) is 7.91. The second-order valence-corrected chi connectivity index (χ2v) is 4.12. The minimum absolute atomic E-state index is 0.708. The number of benzene rings is 1. The Morgan fingerprint density at radius 2 is 1.75 bits per heavy atom. The summed E-state index contributed by atoms with van der Waals surface area (Å²) < 4.78 is 0. The molecule has 2 nitrogen and oxygen atoms in total. The fourth-order valence-corrected chi connectivity index (χ4v) is 1.77. The maximum absolute atomic E-state index is 10.2. The number of unbranched alkanes of at least 4 members (excludes halogenated alkanes) is 4. The van der Waals surface area contributed by atoms with Crippen LogP contribution in [-0.4, -0.2) is 6.41 Å². The molecule has 0 aliphatic rings. The molecular formula is C14H21NO. The maximum atomic E-state index is 10.2. The highest BCUT2D eigenvalue weighted by molar-refractivity contribution is 5.70. The average Bonchev–Trinajstić information content (AvgIpc) is 2.31. The summed E-state index contributed by atoms with van der Waals surface area (Å²) in [6.07, 6.45) is 8.43. The number of aryl methyl sites for hydroxylation is 1. The molecule has 0 aliphatic carbocycles. The van der Waals surface area contributed by atoms with Crippen LogP contribution in [0.25, 0.3) is 0 Å². The van der Waals surface area contributed by atoms with Crippen molar-refractivity contribution in [2.24, 2.45) is 0 Å². The van der Waals surface area contributed by atoms with Crippen molar-refractivity contribution in [3.8, 4) is 0 Å². The van der Waals surface area contributed by atoms with Crippen molar-refractivity contribution in [1.29, 1.82) is 0 Å². The largest absolute Gasteiger partial charge is 0.329 e. The summed E-state index contributed by atoms with van der Waals surface area (Å²) >= 11 is 0. The molecule has 2 heteroatoms. The first-order valence-electron chi connectivity index (χ1n) is 6.16. The van der Waals surface area contributed by atoms with Crippen LogP contribution in [0.5, 0.6) is 0 Å². The molecule has 1 rings (SSSR count). The number of carbonyl (C=O) groups is 1.